The molecular formula is C20H26N2O4. The molecule has 26 heavy (non-hydrogen) atoms. The molecule has 1 saturated carbocycles. The number of fused-ring (bicyclic) bond motifs is 1. The zero-order valence-corrected chi connectivity index (χ0v) is 15.1. The van der Waals surface area contributed by atoms with Crippen LogP contribution in [0.15, 0.2) is 36.9 Å². The van der Waals surface area contributed by atoms with Crippen LogP contribution in [0.4, 0.5) is 0 Å². The van der Waals surface area contributed by atoms with Gasteiger partial charge < -0.3 is 20.1 Å². The van der Waals surface area contributed by atoms with Crippen LogP contribution in [0.3, 0.4) is 0 Å². The molecule has 2 atom stereocenters. The van der Waals surface area contributed by atoms with Gasteiger partial charge in [-0.25, -0.2) is 0 Å². The molecular weight excluding hydrogens is 332 g/mol. The predicted octanol–water partition coefficient (Wildman–Crippen LogP) is 2.34. The highest BCUT2D eigenvalue weighted by atomic mass is 16.6. The Balaban J connectivity index is 1.71. The Hall–Kier alpha value is -2.50. The number of rotatable bonds is 5. The molecule has 0 spiro atoms. The van der Waals surface area contributed by atoms with Crippen molar-refractivity contribution in [2.45, 2.75) is 56.8 Å². The highest BCUT2D eigenvalue weighted by molar-refractivity contribution is 5.87. The third kappa shape index (κ3) is 4.00. The molecule has 1 heterocycles. The second-order valence-electron chi connectivity index (χ2n) is 7.06. The van der Waals surface area contributed by atoms with Crippen LogP contribution in [0.1, 0.15) is 39.0 Å². The second kappa shape index (κ2) is 7.81. The molecule has 6 nitrogen and oxygen atoms in total. The maximum Gasteiger partial charge on any atom is 0.265 e. The number of nitrogens with one attached hydrogen (secondary N) is 2. The van der Waals surface area contributed by atoms with Gasteiger partial charge in [0.15, 0.2) is 11.5 Å². The summed E-state index contributed by atoms with van der Waals surface area (Å²) in [6, 6.07) is 7.34. The van der Waals surface area contributed by atoms with Crippen molar-refractivity contribution in [1.29, 1.82) is 0 Å². The minimum absolute atomic E-state index is 0.207. The highest BCUT2D eigenvalue weighted by Gasteiger charge is 2.40. The predicted molar refractivity (Wildman–Crippen MR) is 98.1 cm³/mol. The molecule has 1 aromatic carbocycles. The fourth-order valence-corrected chi connectivity index (χ4v) is 3.64. The van der Waals surface area contributed by atoms with E-state index in [1.54, 1.807) is 6.07 Å². The lowest BCUT2D eigenvalue weighted by molar-refractivity contribution is -0.136. The number of para-hydroxylation sites is 2. The van der Waals surface area contributed by atoms with Crippen LogP contribution in [0.25, 0.3) is 0 Å². The second-order valence-corrected chi connectivity index (χ2v) is 7.06. The lowest BCUT2D eigenvalue weighted by atomic mass is 9.81. The van der Waals surface area contributed by atoms with Crippen molar-refractivity contribution < 1.29 is 19.1 Å². The van der Waals surface area contributed by atoms with Crippen LogP contribution in [0.2, 0.25) is 0 Å². The molecule has 2 unspecified atom stereocenters. The Morgan fingerprint density at radius 1 is 1.19 bits per heavy atom. The smallest absolute Gasteiger partial charge is 0.265 e. The Kier molecular flexibility index (Phi) is 5.49. The van der Waals surface area contributed by atoms with Crippen LogP contribution >= 0.6 is 0 Å². The monoisotopic (exact) mass is 358 g/mol. The lowest BCUT2D eigenvalue weighted by Gasteiger charge is -2.40. The van der Waals surface area contributed by atoms with Gasteiger partial charge >= 0.3 is 0 Å². The fourth-order valence-electron chi connectivity index (χ4n) is 3.64. The van der Waals surface area contributed by atoms with Gasteiger partial charge in [-0.3, -0.25) is 9.59 Å². The van der Waals surface area contributed by atoms with Gasteiger partial charge in [-0.15, -0.1) is 0 Å². The molecule has 6 heteroatoms. The van der Waals surface area contributed by atoms with Crippen molar-refractivity contribution >= 4 is 11.8 Å². The minimum atomic E-state index is -0.723. The summed E-state index contributed by atoms with van der Waals surface area (Å²) in [5, 5.41) is 5.98. The molecule has 2 aliphatic rings. The van der Waals surface area contributed by atoms with Crippen molar-refractivity contribution in [3.05, 3.63) is 36.9 Å². The summed E-state index contributed by atoms with van der Waals surface area (Å²) >= 11 is 0. The Bertz CT molecular complexity index is 682. The zero-order chi connectivity index (χ0) is 18.6. The maximum absolute atomic E-state index is 13.0. The zero-order valence-electron chi connectivity index (χ0n) is 15.1. The van der Waals surface area contributed by atoms with Crippen molar-refractivity contribution in [3.8, 4) is 11.5 Å². The van der Waals surface area contributed by atoms with Gasteiger partial charge in [0.1, 0.15) is 6.10 Å². The summed E-state index contributed by atoms with van der Waals surface area (Å²) in [6.45, 7) is 5.69. The first-order valence-corrected chi connectivity index (χ1v) is 9.18. The summed E-state index contributed by atoms with van der Waals surface area (Å²) in [5.74, 6) is 0.781. The number of hydrogen-bond donors (Lipinski definition) is 2. The molecule has 0 bridgehead atoms. The average Bonchev–Trinajstić information content (AvgIpc) is 2.66. The Labute approximate surface area is 153 Å². The SMILES string of the molecule is C=CC(=O)NCC1(NC(=O)C2Oc3ccccc3OC2C)CCCCC1. The number of ether oxygens (including phenoxy) is 2. The average molecular weight is 358 g/mol. The van der Waals surface area contributed by atoms with Gasteiger partial charge in [0.2, 0.25) is 12.0 Å². The van der Waals surface area contributed by atoms with Gasteiger partial charge in [-0.2, -0.15) is 0 Å². The normalized spacial score (nSPS) is 23.6. The summed E-state index contributed by atoms with van der Waals surface area (Å²) < 4.78 is 11.7. The number of carbonyl (C=O) groups is 2. The molecule has 3 rings (SSSR count). The number of benzene rings is 1. The molecule has 1 fully saturated rings. The van der Waals surface area contributed by atoms with Crippen molar-refractivity contribution in [2.24, 2.45) is 0 Å². The molecule has 1 aliphatic carbocycles. The van der Waals surface area contributed by atoms with E-state index >= 15 is 0 Å². The van der Waals surface area contributed by atoms with E-state index in [4.69, 9.17) is 9.47 Å². The number of carbonyl (C=O) groups excluding carboxylic acids is 2. The molecule has 2 amide bonds. The number of hydrogen-bond acceptors (Lipinski definition) is 4. The minimum Gasteiger partial charge on any atom is -0.482 e. The van der Waals surface area contributed by atoms with E-state index in [1.807, 2.05) is 25.1 Å². The Morgan fingerprint density at radius 3 is 2.50 bits per heavy atom. The highest BCUT2D eigenvalue weighted by Crippen LogP contribution is 2.34. The van der Waals surface area contributed by atoms with Gasteiger partial charge in [-0.1, -0.05) is 38.0 Å². The Morgan fingerprint density at radius 2 is 1.85 bits per heavy atom. The molecule has 140 valence electrons. The summed E-state index contributed by atoms with van der Waals surface area (Å²) in [4.78, 5) is 24.5. The molecule has 0 aromatic heterocycles. The van der Waals surface area contributed by atoms with Crippen molar-refractivity contribution in [1.82, 2.24) is 10.6 Å². The van der Waals surface area contributed by atoms with E-state index < -0.39 is 17.7 Å². The topological polar surface area (TPSA) is 76.7 Å². The van der Waals surface area contributed by atoms with Crippen LogP contribution in [-0.2, 0) is 9.59 Å². The first kappa shape index (κ1) is 18.3. The van der Waals surface area contributed by atoms with Crippen molar-refractivity contribution in [3.63, 3.8) is 0 Å². The fraction of sp³-hybridized carbons (Fsp3) is 0.500. The number of amides is 2. The largest absolute Gasteiger partial charge is 0.482 e. The van der Waals surface area contributed by atoms with Gasteiger partial charge in [0.25, 0.3) is 5.91 Å². The van der Waals surface area contributed by atoms with E-state index in [2.05, 4.69) is 17.2 Å². The molecule has 1 aliphatic heterocycles. The van der Waals surface area contributed by atoms with E-state index in [-0.39, 0.29) is 11.8 Å². The van der Waals surface area contributed by atoms with Gasteiger partial charge in [-0.05, 0) is 38.0 Å². The maximum atomic E-state index is 13.0. The summed E-state index contributed by atoms with van der Waals surface area (Å²) in [5.41, 5.74) is -0.450. The lowest BCUT2D eigenvalue weighted by Crippen LogP contribution is -2.61. The first-order valence-electron chi connectivity index (χ1n) is 9.18. The third-order valence-electron chi connectivity index (χ3n) is 5.09. The summed E-state index contributed by atoms with van der Waals surface area (Å²) in [7, 11) is 0. The van der Waals surface area contributed by atoms with E-state index in [0.29, 0.717) is 18.0 Å². The van der Waals surface area contributed by atoms with Gasteiger partial charge in [0, 0.05) is 6.54 Å². The molecule has 1 aromatic rings. The molecule has 0 saturated heterocycles. The van der Waals surface area contributed by atoms with E-state index in [1.165, 1.54) is 6.08 Å². The van der Waals surface area contributed by atoms with Crippen LogP contribution in [0, 0.1) is 0 Å². The third-order valence-corrected chi connectivity index (χ3v) is 5.09. The standard InChI is InChI=1S/C20H26N2O4/c1-3-17(23)21-13-20(11-7-4-8-12-20)22-19(24)18-14(2)25-15-9-5-6-10-16(15)26-18/h3,5-6,9-10,14,18H,1,4,7-8,11-13H2,2H3,(H,21,23)(H,22,24). The molecule has 2 N–H and O–H groups in total. The van der Waals surface area contributed by atoms with Gasteiger partial charge in [0.05, 0.1) is 5.54 Å². The van der Waals surface area contributed by atoms with Crippen LogP contribution in [-0.4, -0.2) is 36.1 Å². The quantitative estimate of drug-likeness (QED) is 0.792. The van der Waals surface area contributed by atoms with E-state index in [0.717, 1.165) is 32.1 Å². The summed E-state index contributed by atoms with van der Waals surface area (Å²) in [6.07, 6.45) is 4.96. The van der Waals surface area contributed by atoms with Crippen LogP contribution < -0.4 is 20.1 Å². The van der Waals surface area contributed by atoms with Crippen LogP contribution in [0.5, 0.6) is 11.5 Å². The van der Waals surface area contributed by atoms with E-state index in [9.17, 15) is 9.59 Å². The molecule has 0 radical (unpaired) electrons. The van der Waals surface area contributed by atoms with Crippen molar-refractivity contribution in [2.75, 3.05) is 6.54 Å². The first-order chi connectivity index (χ1) is 12.5.